The van der Waals surface area contributed by atoms with Crippen molar-refractivity contribution in [2.75, 3.05) is 38.2 Å². The van der Waals surface area contributed by atoms with Crippen molar-refractivity contribution in [1.29, 1.82) is 0 Å². The minimum atomic E-state index is -3.57. The fourth-order valence-electron chi connectivity index (χ4n) is 2.95. The number of azide groups is 1. The van der Waals surface area contributed by atoms with Gasteiger partial charge in [0.1, 0.15) is 5.75 Å². The van der Waals surface area contributed by atoms with E-state index in [2.05, 4.69) is 14.9 Å². The summed E-state index contributed by atoms with van der Waals surface area (Å²) in [4.78, 5) is 5.00. The third-order valence-electron chi connectivity index (χ3n) is 4.30. The van der Waals surface area contributed by atoms with Crippen LogP contribution in [0.3, 0.4) is 0 Å². The monoisotopic (exact) mass is 373 g/mol. The van der Waals surface area contributed by atoms with Crippen LogP contribution in [0.5, 0.6) is 5.75 Å². The summed E-state index contributed by atoms with van der Waals surface area (Å²) in [6, 6.07) is 13.6. The van der Waals surface area contributed by atoms with Crippen molar-refractivity contribution in [3.8, 4) is 5.75 Å². The van der Waals surface area contributed by atoms with E-state index in [-0.39, 0.29) is 4.90 Å². The van der Waals surface area contributed by atoms with Crippen molar-refractivity contribution in [2.45, 2.75) is 4.90 Å². The van der Waals surface area contributed by atoms with Gasteiger partial charge in [-0.3, -0.25) is 0 Å². The van der Waals surface area contributed by atoms with Crippen LogP contribution in [0.15, 0.2) is 58.5 Å². The fourth-order valence-corrected chi connectivity index (χ4v) is 4.37. The lowest BCUT2D eigenvalue weighted by molar-refractivity contribution is 0.378. The second-order valence-electron chi connectivity index (χ2n) is 5.75. The molecule has 1 fully saturated rings. The molecule has 0 saturated carbocycles. The molecule has 0 aliphatic carbocycles. The van der Waals surface area contributed by atoms with Gasteiger partial charge in [0.05, 0.1) is 17.7 Å². The topological polar surface area (TPSA) is 98.6 Å². The number of hydrogen-bond acceptors (Lipinski definition) is 5. The molecule has 0 spiro atoms. The molecular formula is C17H19N5O3S. The van der Waals surface area contributed by atoms with Gasteiger partial charge >= 0.3 is 0 Å². The lowest BCUT2D eigenvalue weighted by Gasteiger charge is -2.35. The molecule has 0 amide bonds. The number of hydrogen-bond donors (Lipinski definition) is 0. The Morgan fingerprint density at radius 1 is 1.04 bits per heavy atom. The summed E-state index contributed by atoms with van der Waals surface area (Å²) in [5.74, 6) is 0.775. The molecule has 0 N–H and O–H groups in total. The first kappa shape index (κ1) is 18.1. The van der Waals surface area contributed by atoms with E-state index in [1.54, 1.807) is 7.11 Å². The van der Waals surface area contributed by atoms with Crippen LogP contribution in [0.25, 0.3) is 10.4 Å². The van der Waals surface area contributed by atoms with E-state index in [1.807, 2.05) is 24.3 Å². The molecule has 0 bridgehead atoms. The number of anilines is 1. The standard InChI is InChI=1S/C17H19N5O3S/c1-25-17-5-3-2-4-16(17)21-10-12-22(13-11-21)26(23,24)15-8-6-14(7-9-15)19-20-18/h2-9H,10-13H2,1H3. The Kier molecular flexibility index (Phi) is 5.32. The molecule has 8 nitrogen and oxygen atoms in total. The third-order valence-corrected chi connectivity index (χ3v) is 6.21. The minimum Gasteiger partial charge on any atom is -0.495 e. The highest BCUT2D eigenvalue weighted by molar-refractivity contribution is 7.89. The first-order valence-corrected chi connectivity index (χ1v) is 9.53. The zero-order chi connectivity index (χ0) is 18.6. The van der Waals surface area contributed by atoms with Gasteiger partial charge in [-0.25, -0.2) is 8.42 Å². The van der Waals surface area contributed by atoms with Crippen LogP contribution in [0.4, 0.5) is 11.4 Å². The van der Waals surface area contributed by atoms with Crippen LogP contribution in [0.1, 0.15) is 0 Å². The minimum absolute atomic E-state index is 0.195. The van der Waals surface area contributed by atoms with E-state index >= 15 is 0 Å². The fraction of sp³-hybridized carbons (Fsp3) is 0.294. The summed E-state index contributed by atoms with van der Waals surface area (Å²) >= 11 is 0. The summed E-state index contributed by atoms with van der Waals surface area (Å²) in [7, 11) is -1.95. The summed E-state index contributed by atoms with van der Waals surface area (Å²) in [6.45, 7) is 1.93. The maximum atomic E-state index is 12.8. The quantitative estimate of drug-likeness (QED) is 0.457. The van der Waals surface area contributed by atoms with Crippen LogP contribution in [0.2, 0.25) is 0 Å². The Balaban J connectivity index is 1.73. The SMILES string of the molecule is COc1ccccc1N1CCN(S(=O)(=O)c2ccc(N=[N+]=[N-])cc2)CC1. The second-order valence-corrected chi connectivity index (χ2v) is 7.68. The molecule has 1 heterocycles. The van der Waals surface area contributed by atoms with Crippen molar-refractivity contribution in [3.63, 3.8) is 0 Å². The van der Waals surface area contributed by atoms with Crippen molar-refractivity contribution in [3.05, 3.63) is 59.0 Å². The highest BCUT2D eigenvalue weighted by Gasteiger charge is 2.29. The van der Waals surface area contributed by atoms with E-state index in [9.17, 15) is 8.42 Å². The molecule has 0 unspecified atom stereocenters. The van der Waals surface area contributed by atoms with Gasteiger partial charge in [-0.2, -0.15) is 4.31 Å². The van der Waals surface area contributed by atoms with Crippen LogP contribution < -0.4 is 9.64 Å². The average molecular weight is 373 g/mol. The second kappa shape index (κ2) is 7.65. The van der Waals surface area contributed by atoms with E-state index in [0.29, 0.717) is 31.9 Å². The van der Waals surface area contributed by atoms with E-state index in [0.717, 1.165) is 11.4 Å². The first-order valence-electron chi connectivity index (χ1n) is 8.09. The van der Waals surface area contributed by atoms with Crippen molar-refractivity contribution < 1.29 is 13.2 Å². The van der Waals surface area contributed by atoms with Crippen molar-refractivity contribution in [1.82, 2.24) is 4.31 Å². The van der Waals surface area contributed by atoms with Gasteiger partial charge < -0.3 is 9.64 Å². The number of sulfonamides is 1. The molecular weight excluding hydrogens is 354 g/mol. The number of para-hydroxylation sites is 2. The molecule has 0 atom stereocenters. The van der Waals surface area contributed by atoms with Gasteiger partial charge in [0.25, 0.3) is 0 Å². The Morgan fingerprint density at radius 2 is 1.69 bits per heavy atom. The number of nitrogens with zero attached hydrogens (tertiary/aromatic N) is 5. The van der Waals surface area contributed by atoms with Gasteiger partial charge in [0, 0.05) is 36.8 Å². The Morgan fingerprint density at radius 3 is 2.31 bits per heavy atom. The molecule has 0 aromatic heterocycles. The summed E-state index contributed by atoms with van der Waals surface area (Å²) in [5.41, 5.74) is 9.77. The molecule has 2 aromatic carbocycles. The highest BCUT2D eigenvalue weighted by atomic mass is 32.2. The summed E-state index contributed by atoms with van der Waals surface area (Å²) < 4.78 is 32.5. The predicted octanol–water partition coefficient (Wildman–Crippen LogP) is 3.15. The predicted molar refractivity (Wildman–Crippen MR) is 99.2 cm³/mol. The first-order chi connectivity index (χ1) is 12.6. The maximum Gasteiger partial charge on any atom is 0.243 e. The molecule has 26 heavy (non-hydrogen) atoms. The molecule has 1 aliphatic heterocycles. The maximum absolute atomic E-state index is 12.8. The molecule has 0 radical (unpaired) electrons. The number of methoxy groups -OCH3 is 1. The lowest BCUT2D eigenvalue weighted by atomic mass is 10.2. The average Bonchev–Trinajstić information content (AvgIpc) is 2.69. The normalized spacial score (nSPS) is 15.3. The van der Waals surface area contributed by atoms with E-state index in [4.69, 9.17) is 10.3 Å². The zero-order valence-corrected chi connectivity index (χ0v) is 15.1. The molecule has 9 heteroatoms. The molecule has 2 aromatic rings. The largest absolute Gasteiger partial charge is 0.495 e. The van der Waals surface area contributed by atoms with Gasteiger partial charge in [0.15, 0.2) is 0 Å². The van der Waals surface area contributed by atoms with E-state index in [1.165, 1.54) is 28.6 Å². The smallest absolute Gasteiger partial charge is 0.243 e. The van der Waals surface area contributed by atoms with Crippen LogP contribution in [0, 0.1) is 0 Å². The van der Waals surface area contributed by atoms with Crippen LogP contribution in [-0.4, -0.2) is 46.0 Å². The van der Waals surface area contributed by atoms with Gasteiger partial charge in [-0.05, 0) is 29.8 Å². The summed E-state index contributed by atoms with van der Waals surface area (Å²) in [6.07, 6.45) is 0. The highest BCUT2D eigenvalue weighted by Crippen LogP contribution is 2.29. The number of rotatable bonds is 5. The van der Waals surface area contributed by atoms with Gasteiger partial charge in [-0.1, -0.05) is 29.4 Å². The number of benzene rings is 2. The van der Waals surface area contributed by atoms with Crippen LogP contribution >= 0.6 is 0 Å². The number of piperazine rings is 1. The van der Waals surface area contributed by atoms with Gasteiger partial charge in [-0.15, -0.1) is 0 Å². The third kappa shape index (κ3) is 3.60. The van der Waals surface area contributed by atoms with Crippen LogP contribution in [-0.2, 0) is 10.0 Å². The summed E-state index contributed by atoms with van der Waals surface area (Å²) in [5, 5.41) is 3.46. The zero-order valence-electron chi connectivity index (χ0n) is 14.3. The van der Waals surface area contributed by atoms with E-state index < -0.39 is 10.0 Å². The van der Waals surface area contributed by atoms with Crippen molar-refractivity contribution >= 4 is 21.4 Å². The Hall–Kier alpha value is -2.74. The Bertz CT molecular complexity index is 916. The molecule has 3 rings (SSSR count). The molecule has 1 saturated heterocycles. The molecule has 136 valence electrons. The Labute approximate surface area is 152 Å². The van der Waals surface area contributed by atoms with Crippen molar-refractivity contribution in [2.24, 2.45) is 5.11 Å². The lowest BCUT2D eigenvalue weighted by Crippen LogP contribution is -2.48. The van der Waals surface area contributed by atoms with Gasteiger partial charge in [0.2, 0.25) is 10.0 Å². The number of ether oxygens (including phenoxy) is 1. The molecule has 1 aliphatic rings.